The number of aryl methyl sites for hydroxylation is 2. The number of nitrogens with zero attached hydrogens (tertiary/aromatic N) is 5. The second-order valence-electron chi connectivity index (χ2n) is 6.25. The maximum atomic E-state index is 12.7. The van der Waals surface area contributed by atoms with Crippen molar-refractivity contribution in [3.63, 3.8) is 0 Å². The maximum absolute atomic E-state index is 12.7. The van der Waals surface area contributed by atoms with Crippen LogP contribution in [0.3, 0.4) is 0 Å². The van der Waals surface area contributed by atoms with Gasteiger partial charge in [-0.3, -0.25) is 14.3 Å². The molecule has 3 aromatic rings. The van der Waals surface area contributed by atoms with Gasteiger partial charge in [0.2, 0.25) is 5.91 Å². The Hall–Kier alpha value is -2.74. The molecule has 1 aromatic carbocycles. The number of benzene rings is 1. The van der Waals surface area contributed by atoms with Gasteiger partial charge >= 0.3 is 5.69 Å². The van der Waals surface area contributed by atoms with Crippen molar-refractivity contribution in [2.45, 2.75) is 33.4 Å². The summed E-state index contributed by atoms with van der Waals surface area (Å²) in [4.78, 5) is 32.1. The van der Waals surface area contributed by atoms with Crippen LogP contribution in [0.15, 0.2) is 40.8 Å². The number of carbonyl (C=O) groups is 1. The van der Waals surface area contributed by atoms with E-state index in [1.165, 1.54) is 20.6 Å². The molecule has 0 aliphatic rings. The minimum Gasteiger partial charge on any atom is -0.337 e. The molecule has 0 radical (unpaired) electrons. The van der Waals surface area contributed by atoms with Crippen molar-refractivity contribution >= 4 is 17.2 Å². The molecule has 2 heterocycles. The van der Waals surface area contributed by atoms with Crippen LogP contribution >= 0.6 is 11.3 Å². The summed E-state index contributed by atoms with van der Waals surface area (Å²) in [6.07, 6.45) is 1.76. The van der Waals surface area contributed by atoms with Crippen LogP contribution in [-0.2, 0) is 11.3 Å². The first-order chi connectivity index (χ1) is 12.4. The molecule has 0 aliphatic heterocycles. The first kappa shape index (κ1) is 18.1. The lowest BCUT2D eigenvalue weighted by Crippen LogP contribution is -2.36. The highest BCUT2D eigenvalue weighted by atomic mass is 32.1. The number of carbonyl (C=O) groups excluding carboxylic acids is 1. The summed E-state index contributed by atoms with van der Waals surface area (Å²) < 4.78 is 2.74. The summed E-state index contributed by atoms with van der Waals surface area (Å²) in [7, 11) is 1.73. The molecule has 0 aliphatic carbocycles. The van der Waals surface area contributed by atoms with Crippen LogP contribution in [0.25, 0.3) is 5.69 Å². The van der Waals surface area contributed by atoms with E-state index in [4.69, 9.17) is 0 Å². The molecule has 26 heavy (non-hydrogen) atoms. The summed E-state index contributed by atoms with van der Waals surface area (Å²) in [5.74, 6) is 0.351. The molecule has 0 N–H and O–H groups in total. The Labute approximate surface area is 155 Å². The molecule has 7 nitrogen and oxygen atoms in total. The molecule has 1 amide bonds. The maximum Gasteiger partial charge on any atom is 0.351 e. The van der Waals surface area contributed by atoms with Gasteiger partial charge in [0, 0.05) is 18.1 Å². The van der Waals surface area contributed by atoms with Crippen LogP contribution in [0.5, 0.6) is 0 Å². The van der Waals surface area contributed by atoms with Gasteiger partial charge in [0.25, 0.3) is 0 Å². The van der Waals surface area contributed by atoms with Crippen LogP contribution in [0, 0.1) is 13.8 Å². The molecule has 0 saturated carbocycles. The molecule has 2 aromatic heterocycles. The van der Waals surface area contributed by atoms with Crippen LogP contribution in [0.4, 0.5) is 0 Å². The Morgan fingerprint density at radius 2 is 2.12 bits per heavy atom. The van der Waals surface area contributed by atoms with Gasteiger partial charge in [-0.15, -0.1) is 11.3 Å². The van der Waals surface area contributed by atoms with E-state index in [1.54, 1.807) is 30.6 Å². The highest BCUT2D eigenvalue weighted by molar-refractivity contribution is 7.09. The first-order valence-electron chi connectivity index (χ1n) is 8.26. The second-order valence-corrected chi connectivity index (χ2v) is 7.17. The monoisotopic (exact) mass is 371 g/mol. The van der Waals surface area contributed by atoms with Crippen molar-refractivity contribution in [1.82, 2.24) is 24.2 Å². The number of amides is 1. The van der Waals surface area contributed by atoms with Crippen molar-refractivity contribution in [2.24, 2.45) is 0 Å². The zero-order chi connectivity index (χ0) is 18.8. The quantitative estimate of drug-likeness (QED) is 0.690. The zero-order valence-electron chi connectivity index (χ0n) is 15.2. The lowest BCUT2D eigenvalue weighted by Gasteiger charge is -2.23. The lowest BCUT2D eigenvalue weighted by molar-refractivity contribution is -0.132. The summed E-state index contributed by atoms with van der Waals surface area (Å²) in [6.45, 7) is 5.58. The van der Waals surface area contributed by atoms with Crippen LogP contribution in [0.2, 0.25) is 0 Å². The Balaban J connectivity index is 1.84. The van der Waals surface area contributed by atoms with Gasteiger partial charge in [-0.05, 0) is 38.5 Å². The van der Waals surface area contributed by atoms with Crippen LogP contribution in [0.1, 0.15) is 29.2 Å². The van der Waals surface area contributed by atoms with Crippen molar-refractivity contribution < 1.29 is 4.79 Å². The van der Waals surface area contributed by atoms with E-state index in [1.807, 2.05) is 38.1 Å². The second kappa shape index (κ2) is 7.25. The minimum atomic E-state index is -0.319. The van der Waals surface area contributed by atoms with E-state index in [9.17, 15) is 9.59 Å². The fraction of sp³-hybridized carbons (Fsp3) is 0.333. The molecular formula is C18H21N5O2S. The van der Waals surface area contributed by atoms with E-state index < -0.39 is 0 Å². The van der Waals surface area contributed by atoms with Crippen molar-refractivity contribution in [3.8, 4) is 5.69 Å². The minimum absolute atomic E-state index is 0.0455. The number of hydrogen-bond donors (Lipinski definition) is 0. The standard InChI is InChI=1S/C18H21N5O2S/c1-12-6-5-7-15(8-12)23-18(25)22(14(3)20-23)10-17(24)21(4)13(2)16-9-19-11-26-16/h5-9,11,13H,10H2,1-4H3/t13-/m0/s1. The first-order valence-corrected chi connectivity index (χ1v) is 9.14. The van der Waals surface area contributed by atoms with Crippen molar-refractivity contribution in [3.05, 3.63) is 62.7 Å². The van der Waals surface area contributed by atoms with Crippen molar-refractivity contribution in [1.29, 1.82) is 0 Å². The normalized spacial score (nSPS) is 12.2. The molecule has 8 heteroatoms. The number of aromatic nitrogens is 4. The Morgan fingerprint density at radius 1 is 1.35 bits per heavy atom. The van der Waals surface area contributed by atoms with Gasteiger partial charge in [0.1, 0.15) is 12.4 Å². The fourth-order valence-electron chi connectivity index (χ4n) is 2.69. The molecule has 0 bridgehead atoms. The molecule has 0 fully saturated rings. The summed E-state index contributed by atoms with van der Waals surface area (Å²) >= 11 is 1.50. The smallest absolute Gasteiger partial charge is 0.337 e. The summed E-state index contributed by atoms with van der Waals surface area (Å²) in [5.41, 5.74) is 3.15. The highest BCUT2D eigenvalue weighted by Crippen LogP contribution is 2.22. The largest absolute Gasteiger partial charge is 0.351 e. The van der Waals surface area contributed by atoms with Gasteiger partial charge in [0.05, 0.1) is 17.2 Å². The predicted molar refractivity (Wildman–Crippen MR) is 101 cm³/mol. The van der Waals surface area contributed by atoms with E-state index in [0.717, 1.165) is 10.4 Å². The topological polar surface area (TPSA) is 73.0 Å². The summed E-state index contributed by atoms with van der Waals surface area (Å²) in [6, 6.07) is 7.44. The average Bonchev–Trinajstić information content (AvgIpc) is 3.24. The number of hydrogen-bond acceptors (Lipinski definition) is 5. The van der Waals surface area contributed by atoms with E-state index >= 15 is 0 Å². The number of likely N-dealkylation sites (N-methyl/N-ethyl adjacent to an activating group) is 1. The van der Waals surface area contributed by atoms with Gasteiger partial charge in [-0.2, -0.15) is 9.78 Å². The van der Waals surface area contributed by atoms with E-state index in [0.29, 0.717) is 11.5 Å². The molecule has 3 rings (SSSR count). The predicted octanol–water partition coefficient (Wildman–Crippen LogP) is 2.33. The third kappa shape index (κ3) is 3.45. The third-order valence-electron chi connectivity index (χ3n) is 4.42. The van der Waals surface area contributed by atoms with Gasteiger partial charge in [-0.1, -0.05) is 12.1 Å². The van der Waals surface area contributed by atoms with Crippen LogP contribution in [-0.4, -0.2) is 37.2 Å². The van der Waals surface area contributed by atoms with E-state index in [-0.39, 0.29) is 24.2 Å². The van der Waals surface area contributed by atoms with Gasteiger partial charge < -0.3 is 4.90 Å². The van der Waals surface area contributed by atoms with Gasteiger partial charge in [-0.25, -0.2) is 4.79 Å². The molecule has 0 saturated heterocycles. The highest BCUT2D eigenvalue weighted by Gasteiger charge is 2.21. The third-order valence-corrected chi connectivity index (χ3v) is 5.37. The Bertz CT molecular complexity index is 974. The molecule has 136 valence electrons. The SMILES string of the molecule is Cc1cccc(-n2nc(C)n(CC(=O)N(C)[C@@H](C)c3cncs3)c2=O)c1. The zero-order valence-corrected chi connectivity index (χ0v) is 16.0. The van der Waals surface area contributed by atoms with Gasteiger partial charge in [0.15, 0.2) is 0 Å². The average molecular weight is 371 g/mol. The fourth-order valence-corrected chi connectivity index (χ4v) is 3.41. The Morgan fingerprint density at radius 3 is 2.77 bits per heavy atom. The van der Waals surface area contributed by atoms with E-state index in [2.05, 4.69) is 10.1 Å². The number of thiazole rings is 1. The molecule has 0 unspecified atom stereocenters. The molecule has 1 atom stereocenters. The van der Waals surface area contributed by atoms with Crippen molar-refractivity contribution in [2.75, 3.05) is 7.05 Å². The van der Waals surface area contributed by atoms with Crippen LogP contribution < -0.4 is 5.69 Å². The molecular weight excluding hydrogens is 350 g/mol. The Kier molecular flexibility index (Phi) is 5.03. The summed E-state index contributed by atoms with van der Waals surface area (Å²) in [5, 5.41) is 4.32. The lowest BCUT2D eigenvalue weighted by atomic mass is 10.2. The molecule has 0 spiro atoms. The number of rotatable bonds is 5.